The van der Waals surface area contributed by atoms with Gasteiger partial charge in [-0.1, -0.05) is 26.0 Å². The summed E-state index contributed by atoms with van der Waals surface area (Å²) in [6.07, 6.45) is 0. The molecular weight excluding hydrogens is 264 g/mol. The molecule has 2 aromatic carbocycles. The minimum absolute atomic E-state index is 0.307. The molecule has 0 heterocycles. The molecule has 112 valence electrons. The molecule has 21 heavy (non-hydrogen) atoms. The third-order valence-corrected chi connectivity index (χ3v) is 3.80. The number of ether oxygens (including phenoxy) is 2. The fourth-order valence-electron chi connectivity index (χ4n) is 2.59. The van der Waals surface area contributed by atoms with E-state index in [1.165, 1.54) is 0 Å². The van der Waals surface area contributed by atoms with Crippen LogP contribution in [0.15, 0.2) is 36.4 Å². The van der Waals surface area contributed by atoms with Crippen molar-refractivity contribution in [2.75, 3.05) is 25.7 Å². The van der Waals surface area contributed by atoms with Gasteiger partial charge in [0.25, 0.3) is 0 Å². The van der Waals surface area contributed by atoms with E-state index in [0.717, 1.165) is 22.6 Å². The van der Waals surface area contributed by atoms with E-state index in [2.05, 4.69) is 13.8 Å². The van der Waals surface area contributed by atoms with Crippen LogP contribution in [0.25, 0.3) is 0 Å². The molecule has 0 atom stereocenters. The van der Waals surface area contributed by atoms with Crippen molar-refractivity contribution in [3.63, 3.8) is 0 Å². The number of nitrogens with two attached hydrogens (primary N) is 2. The Bertz CT molecular complexity index is 596. The first-order chi connectivity index (χ1) is 9.90. The molecule has 2 rings (SSSR count). The van der Waals surface area contributed by atoms with Gasteiger partial charge in [-0.25, -0.2) is 0 Å². The molecule has 0 radical (unpaired) electrons. The molecule has 2 aromatic rings. The van der Waals surface area contributed by atoms with E-state index in [0.29, 0.717) is 11.4 Å². The summed E-state index contributed by atoms with van der Waals surface area (Å²) in [7, 11) is 3.29. The predicted octanol–water partition coefficient (Wildman–Crippen LogP) is 3.19. The van der Waals surface area contributed by atoms with Crippen LogP contribution in [-0.4, -0.2) is 14.2 Å². The summed E-state index contributed by atoms with van der Waals surface area (Å²) in [5.41, 5.74) is 14.8. The van der Waals surface area contributed by atoms with Gasteiger partial charge in [-0.15, -0.1) is 0 Å². The average molecular weight is 286 g/mol. The van der Waals surface area contributed by atoms with Crippen LogP contribution >= 0.6 is 0 Å². The van der Waals surface area contributed by atoms with Crippen LogP contribution in [0.2, 0.25) is 0 Å². The summed E-state index contributed by atoms with van der Waals surface area (Å²) in [5.74, 6) is 1.53. The zero-order valence-corrected chi connectivity index (χ0v) is 12.9. The topological polar surface area (TPSA) is 70.5 Å². The highest BCUT2D eigenvalue weighted by Crippen LogP contribution is 2.42. The minimum Gasteiger partial charge on any atom is -0.496 e. The maximum atomic E-state index is 5.84. The first kappa shape index (κ1) is 15.0. The molecule has 0 unspecified atom stereocenters. The Morgan fingerprint density at radius 2 is 1.14 bits per heavy atom. The van der Waals surface area contributed by atoms with Gasteiger partial charge in [0.05, 0.1) is 14.2 Å². The molecule has 0 spiro atoms. The molecular formula is C17H22N2O2. The summed E-state index contributed by atoms with van der Waals surface area (Å²) in [6, 6.07) is 11.4. The molecule has 0 amide bonds. The van der Waals surface area contributed by atoms with Crippen molar-refractivity contribution < 1.29 is 9.47 Å². The van der Waals surface area contributed by atoms with Crippen molar-refractivity contribution in [2.45, 2.75) is 19.3 Å². The summed E-state index contributed by atoms with van der Waals surface area (Å²) in [6.45, 7) is 4.24. The number of anilines is 2. The largest absolute Gasteiger partial charge is 0.496 e. The second-order valence-corrected chi connectivity index (χ2v) is 5.54. The van der Waals surface area contributed by atoms with E-state index in [1.807, 2.05) is 36.4 Å². The second kappa shape index (κ2) is 5.56. The summed E-state index contributed by atoms with van der Waals surface area (Å²) < 4.78 is 11.0. The van der Waals surface area contributed by atoms with Gasteiger partial charge in [-0.05, 0) is 12.1 Å². The molecule has 4 heteroatoms. The maximum absolute atomic E-state index is 5.84. The lowest BCUT2D eigenvalue weighted by Crippen LogP contribution is -2.21. The highest BCUT2D eigenvalue weighted by atomic mass is 16.5. The number of hydrogen-bond donors (Lipinski definition) is 2. The minimum atomic E-state index is -0.307. The first-order valence-electron chi connectivity index (χ1n) is 6.78. The third kappa shape index (κ3) is 2.75. The van der Waals surface area contributed by atoms with Gasteiger partial charge in [0.15, 0.2) is 0 Å². The van der Waals surface area contributed by atoms with Gasteiger partial charge in [0.1, 0.15) is 11.5 Å². The van der Waals surface area contributed by atoms with Crippen molar-refractivity contribution in [3.8, 4) is 11.5 Å². The van der Waals surface area contributed by atoms with Crippen molar-refractivity contribution in [3.05, 3.63) is 47.5 Å². The quantitative estimate of drug-likeness (QED) is 0.847. The molecule has 0 saturated heterocycles. The average Bonchev–Trinajstić information content (AvgIpc) is 2.46. The van der Waals surface area contributed by atoms with Crippen LogP contribution in [0.1, 0.15) is 25.0 Å². The van der Waals surface area contributed by atoms with Gasteiger partial charge < -0.3 is 20.9 Å². The smallest absolute Gasteiger partial charge is 0.124 e. The highest BCUT2D eigenvalue weighted by Gasteiger charge is 2.29. The maximum Gasteiger partial charge on any atom is 0.124 e. The molecule has 0 aromatic heterocycles. The van der Waals surface area contributed by atoms with Crippen molar-refractivity contribution >= 4 is 11.4 Å². The fraction of sp³-hybridized carbons (Fsp3) is 0.294. The van der Waals surface area contributed by atoms with Crippen molar-refractivity contribution in [1.29, 1.82) is 0 Å². The Morgan fingerprint density at radius 1 is 0.762 bits per heavy atom. The molecule has 0 aliphatic heterocycles. The molecule has 4 nitrogen and oxygen atoms in total. The number of rotatable bonds is 4. The van der Waals surface area contributed by atoms with Crippen LogP contribution in [0.4, 0.5) is 11.4 Å². The SMILES string of the molecule is COc1cc(N)ccc1C(C)(C)c1ccc(N)cc1OC. The van der Waals surface area contributed by atoms with E-state index in [9.17, 15) is 0 Å². The van der Waals surface area contributed by atoms with Crippen LogP contribution in [-0.2, 0) is 5.41 Å². The molecule has 0 aliphatic rings. The Balaban J connectivity index is 2.61. The highest BCUT2D eigenvalue weighted by molar-refractivity contribution is 5.58. The molecule has 0 bridgehead atoms. The van der Waals surface area contributed by atoms with Gasteiger partial charge in [0, 0.05) is 40.0 Å². The van der Waals surface area contributed by atoms with Gasteiger partial charge >= 0.3 is 0 Å². The number of nitrogen functional groups attached to an aromatic ring is 2. The first-order valence-corrected chi connectivity index (χ1v) is 6.78. The number of methoxy groups -OCH3 is 2. The van der Waals surface area contributed by atoms with Crippen LogP contribution in [0.5, 0.6) is 11.5 Å². The van der Waals surface area contributed by atoms with Gasteiger partial charge in [0.2, 0.25) is 0 Å². The second-order valence-electron chi connectivity index (χ2n) is 5.54. The van der Waals surface area contributed by atoms with E-state index in [4.69, 9.17) is 20.9 Å². The van der Waals surface area contributed by atoms with Crippen molar-refractivity contribution in [1.82, 2.24) is 0 Å². The van der Waals surface area contributed by atoms with E-state index in [1.54, 1.807) is 14.2 Å². The normalized spacial score (nSPS) is 11.2. The summed E-state index contributed by atoms with van der Waals surface area (Å²) >= 11 is 0. The number of benzene rings is 2. The van der Waals surface area contributed by atoms with E-state index < -0.39 is 0 Å². The van der Waals surface area contributed by atoms with E-state index >= 15 is 0 Å². The molecule has 4 N–H and O–H groups in total. The third-order valence-electron chi connectivity index (χ3n) is 3.80. The molecule has 0 aliphatic carbocycles. The number of hydrogen-bond acceptors (Lipinski definition) is 4. The lowest BCUT2D eigenvalue weighted by Gasteiger charge is -2.29. The van der Waals surface area contributed by atoms with Gasteiger partial charge in [-0.2, -0.15) is 0 Å². The lowest BCUT2D eigenvalue weighted by atomic mass is 9.77. The zero-order valence-electron chi connectivity index (χ0n) is 12.9. The predicted molar refractivity (Wildman–Crippen MR) is 86.9 cm³/mol. The Morgan fingerprint density at radius 3 is 1.48 bits per heavy atom. The van der Waals surface area contributed by atoms with Crippen LogP contribution in [0.3, 0.4) is 0 Å². The lowest BCUT2D eigenvalue weighted by molar-refractivity contribution is 0.388. The van der Waals surface area contributed by atoms with Gasteiger partial charge in [-0.3, -0.25) is 0 Å². The summed E-state index contributed by atoms with van der Waals surface area (Å²) in [5, 5.41) is 0. The van der Waals surface area contributed by atoms with E-state index in [-0.39, 0.29) is 5.41 Å². The standard InChI is InChI=1S/C17H22N2O2/c1-17(2,13-7-5-11(18)9-15(13)20-3)14-8-6-12(19)10-16(14)21-4/h5-10H,18-19H2,1-4H3. The Labute approximate surface area is 125 Å². The zero-order chi connectivity index (χ0) is 15.6. The molecule has 0 saturated carbocycles. The van der Waals surface area contributed by atoms with Crippen LogP contribution in [0, 0.1) is 0 Å². The van der Waals surface area contributed by atoms with Crippen LogP contribution < -0.4 is 20.9 Å². The molecule has 0 fully saturated rings. The summed E-state index contributed by atoms with van der Waals surface area (Å²) in [4.78, 5) is 0. The monoisotopic (exact) mass is 286 g/mol. The Hall–Kier alpha value is -2.36. The Kier molecular flexibility index (Phi) is 3.98. The fourth-order valence-corrected chi connectivity index (χ4v) is 2.59. The van der Waals surface area contributed by atoms with Crippen molar-refractivity contribution in [2.24, 2.45) is 0 Å².